The van der Waals surface area contributed by atoms with Gasteiger partial charge in [0.25, 0.3) is 0 Å². The minimum atomic E-state index is -1.48. The van der Waals surface area contributed by atoms with Crippen molar-refractivity contribution in [2.24, 2.45) is 5.92 Å². The van der Waals surface area contributed by atoms with E-state index in [9.17, 15) is 4.79 Å². The molecule has 0 amide bonds. The molecule has 1 aromatic carbocycles. The average molecular weight is 289 g/mol. The van der Waals surface area contributed by atoms with Crippen LogP contribution in [0.5, 0.6) is 0 Å². The molecule has 0 N–H and O–H groups in total. The summed E-state index contributed by atoms with van der Waals surface area (Å²) in [5, 5.41) is 1.13. The Labute approximate surface area is 125 Å². The fraction of sp³-hybridized carbons (Fsp3) is 0.500. The molecule has 0 aliphatic rings. The van der Waals surface area contributed by atoms with Crippen molar-refractivity contribution in [2.45, 2.75) is 52.8 Å². The second kappa shape index (κ2) is 5.69. The van der Waals surface area contributed by atoms with Crippen LogP contribution in [0.4, 0.5) is 0 Å². The SMILES string of the molecule is C=C(C(C)C(=O)c1ccc(C(C)(C)C)cc1)[Si](C)(C)C. The number of rotatable bonds is 4. The number of allylic oxidation sites excluding steroid dienone is 1. The lowest BCUT2D eigenvalue weighted by Crippen LogP contribution is -2.31. The maximum Gasteiger partial charge on any atom is 0.169 e. The highest BCUT2D eigenvalue weighted by atomic mass is 28.3. The van der Waals surface area contributed by atoms with Crippen LogP contribution in [0.25, 0.3) is 0 Å². The Hall–Kier alpha value is -1.15. The molecule has 1 rings (SSSR count). The normalized spacial score (nSPS) is 13.9. The number of hydrogen-bond acceptors (Lipinski definition) is 1. The molecular weight excluding hydrogens is 260 g/mol. The zero-order valence-electron chi connectivity index (χ0n) is 14.0. The molecule has 2 heteroatoms. The summed E-state index contributed by atoms with van der Waals surface area (Å²) in [5.74, 6) is 0.111. The Morgan fingerprint density at radius 2 is 1.55 bits per heavy atom. The lowest BCUT2D eigenvalue weighted by atomic mass is 9.86. The Kier molecular flexibility index (Phi) is 4.80. The first kappa shape index (κ1) is 16.9. The molecule has 1 nitrogen and oxygen atoms in total. The molecule has 0 saturated carbocycles. The van der Waals surface area contributed by atoms with Gasteiger partial charge in [-0.25, -0.2) is 0 Å². The maximum atomic E-state index is 12.6. The lowest BCUT2D eigenvalue weighted by Gasteiger charge is -2.25. The van der Waals surface area contributed by atoms with E-state index in [0.717, 1.165) is 10.8 Å². The van der Waals surface area contributed by atoms with E-state index in [2.05, 4.69) is 59.1 Å². The maximum absolute atomic E-state index is 12.6. The predicted molar refractivity (Wildman–Crippen MR) is 91.1 cm³/mol. The van der Waals surface area contributed by atoms with Crippen LogP contribution in [-0.2, 0) is 5.41 Å². The predicted octanol–water partition coefficient (Wildman–Crippen LogP) is 5.24. The Bertz CT molecular complexity index is 498. The lowest BCUT2D eigenvalue weighted by molar-refractivity contribution is 0.0950. The van der Waals surface area contributed by atoms with Gasteiger partial charge >= 0.3 is 0 Å². The Morgan fingerprint density at radius 1 is 1.10 bits per heavy atom. The summed E-state index contributed by atoms with van der Waals surface area (Å²) in [7, 11) is -1.48. The molecule has 0 aliphatic heterocycles. The van der Waals surface area contributed by atoms with E-state index in [-0.39, 0.29) is 17.1 Å². The summed E-state index contributed by atoms with van der Waals surface area (Å²) in [4.78, 5) is 12.6. The molecule has 0 saturated heterocycles. The third kappa shape index (κ3) is 3.92. The first-order chi connectivity index (χ1) is 8.94. The van der Waals surface area contributed by atoms with E-state index < -0.39 is 8.07 Å². The van der Waals surface area contributed by atoms with Gasteiger partial charge in [0.1, 0.15) is 0 Å². The highest BCUT2D eigenvalue weighted by Crippen LogP contribution is 2.26. The second-order valence-electron chi connectivity index (χ2n) is 7.69. The molecular formula is C18H28OSi. The van der Waals surface area contributed by atoms with Gasteiger partial charge in [-0.1, -0.05) is 76.8 Å². The van der Waals surface area contributed by atoms with Gasteiger partial charge in [-0.15, -0.1) is 6.58 Å². The van der Waals surface area contributed by atoms with Gasteiger partial charge in [-0.2, -0.15) is 0 Å². The van der Waals surface area contributed by atoms with Crippen LogP contribution in [-0.4, -0.2) is 13.9 Å². The fourth-order valence-electron chi connectivity index (χ4n) is 2.19. The summed E-state index contributed by atoms with van der Waals surface area (Å²) in [6.07, 6.45) is 0. The molecule has 0 aliphatic carbocycles. The molecule has 1 atom stereocenters. The van der Waals surface area contributed by atoms with E-state index >= 15 is 0 Å². The van der Waals surface area contributed by atoms with Crippen LogP contribution < -0.4 is 0 Å². The van der Waals surface area contributed by atoms with Gasteiger partial charge in [-0.05, 0) is 11.0 Å². The van der Waals surface area contributed by atoms with Crippen molar-refractivity contribution in [3.05, 3.63) is 47.2 Å². The molecule has 1 unspecified atom stereocenters. The van der Waals surface area contributed by atoms with Gasteiger partial charge in [0.05, 0.1) is 8.07 Å². The molecule has 1 aromatic rings. The molecule has 0 heterocycles. The van der Waals surface area contributed by atoms with Crippen molar-refractivity contribution in [2.75, 3.05) is 0 Å². The molecule has 0 radical (unpaired) electrons. The van der Waals surface area contributed by atoms with Crippen LogP contribution in [0.15, 0.2) is 36.0 Å². The number of hydrogen-bond donors (Lipinski definition) is 0. The van der Waals surface area contributed by atoms with Crippen molar-refractivity contribution in [3.8, 4) is 0 Å². The molecule has 0 aromatic heterocycles. The van der Waals surface area contributed by atoms with Crippen LogP contribution in [0.3, 0.4) is 0 Å². The molecule has 0 fully saturated rings. The summed E-state index contributed by atoms with van der Waals surface area (Å²) in [6, 6.07) is 8.04. The van der Waals surface area contributed by atoms with Crippen LogP contribution in [0, 0.1) is 5.92 Å². The highest BCUT2D eigenvalue weighted by Gasteiger charge is 2.27. The Morgan fingerprint density at radius 3 is 1.90 bits per heavy atom. The van der Waals surface area contributed by atoms with E-state index in [4.69, 9.17) is 0 Å². The highest BCUT2D eigenvalue weighted by molar-refractivity contribution is 6.83. The summed E-state index contributed by atoms with van der Waals surface area (Å²) < 4.78 is 0. The standard InChI is InChI=1S/C18H28OSi/c1-13(14(2)20(6,7)8)17(19)15-9-11-16(12-10-15)18(3,4)5/h9-13H,2H2,1,3-8H3. The zero-order chi connectivity index (χ0) is 15.7. The number of carbonyl (C=O) groups is 1. The smallest absolute Gasteiger partial charge is 0.169 e. The largest absolute Gasteiger partial charge is 0.294 e. The number of Topliss-reactive ketones (excluding diaryl/α,β-unsaturated/α-hetero) is 1. The van der Waals surface area contributed by atoms with E-state index in [1.807, 2.05) is 19.1 Å². The second-order valence-corrected chi connectivity index (χ2v) is 12.8. The van der Waals surface area contributed by atoms with Crippen molar-refractivity contribution < 1.29 is 4.79 Å². The van der Waals surface area contributed by atoms with Gasteiger partial charge in [-0.3, -0.25) is 4.79 Å². The number of benzene rings is 1. The summed E-state index contributed by atoms with van der Waals surface area (Å²) >= 11 is 0. The van der Waals surface area contributed by atoms with E-state index in [1.54, 1.807) is 0 Å². The van der Waals surface area contributed by atoms with Gasteiger partial charge < -0.3 is 0 Å². The van der Waals surface area contributed by atoms with Crippen molar-refractivity contribution in [3.63, 3.8) is 0 Å². The topological polar surface area (TPSA) is 17.1 Å². The fourth-order valence-corrected chi connectivity index (χ4v) is 3.62. The number of ketones is 1. The van der Waals surface area contributed by atoms with Gasteiger partial charge in [0.2, 0.25) is 0 Å². The van der Waals surface area contributed by atoms with Crippen LogP contribution in [0.1, 0.15) is 43.6 Å². The average Bonchev–Trinajstić information content (AvgIpc) is 2.34. The van der Waals surface area contributed by atoms with Gasteiger partial charge in [0, 0.05) is 11.5 Å². The van der Waals surface area contributed by atoms with Crippen molar-refractivity contribution in [1.82, 2.24) is 0 Å². The summed E-state index contributed by atoms with van der Waals surface area (Å²) in [6.45, 7) is 19.4. The first-order valence-electron chi connectivity index (χ1n) is 7.28. The zero-order valence-corrected chi connectivity index (χ0v) is 15.0. The van der Waals surface area contributed by atoms with Crippen molar-refractivity contribution in [1.29, 1.82) is 0 Å². The molecule has 20 heavy (non-hydrogen) atoms. The van der Waals surface area contributed by atoms with Crippen LogP contribution >= 0.6 is 0 Å². The third-order valence-corrected chi connectivity index (χ3v) is 6.27. The molecule has 0 spiro atoms. The minimum Gasteiger partial charge on any atom is -0.294 e. The third-order valence-electron chi connectivity index (χ3n) is 3.91. The molecule has 110 valence electrons. The van der Waals surface area contributed by atoms with Crippen LogP contribution in [0.2, 0.25) is 19.6 Å². The van der Waals surface area contributed by atoms with Gasteiger partial charge in [0.15, 0.2) is 5.78 Å². The van der Waals surface area contributed by atoms with E-state index in [1.165, 1.54) is 5.56 Å². The first-order valence-corrected chi connectivity index (χ1v) is 10.8. The minimum absolute atomic E-state index is 0.0813. The Balaban J connectivity index is 2.97. The van der Waals surface area contributed by atoms with E-state index in [0.29, 0.717) is 0 Å². The molecule has 0 bridgehead atoms. The monoisotopic (exact) mass is 288 g/mol. The summed E-state index contributed by atoms with van der Waals surface area (Å²) in [5.41, 5.74) is 2.17. The number of carbonyl (C=O) groups excluding carboxylic acids is 1. The van der Waals surface area contributed by atoms with Crippen molar-refractivity contribution >= 4 is 13.9 Å². The quantitative estimate of drug-likeness (QED) is 0.547.